The van der Waals surface area contributed by atoms with E-state index in [1.54, 1.807) is 5.56 Å². The Balaban J connectivity index is 0.00000144. The number of hydrogen-bond acceptors (Lipinski definition) is 1. The molecule has 4 rings (SSSR count). The third-order valence-corrected chi connectivity index (χ3v) is 5.60. The van der Waals surface area contributed by atoms with Gasteiger partial charge in [0.1, 0.15) is 0 Å². The van der Waals surface area contributed by atoms with Gasteiger partial charge in [0.25, 0.3) is 0 Å². The van der Waals surface area contributed by atoms with Crippen LogP contribution in [0.15, 0.2) is 48.5 Å². The van der Waals surface area contributed by atoms with Gasteiger partial charge in [-0.25, -0.2) is 0 Å². The van der Waals surface area contributed by atoms with E-state index >= 15 is 0 Å². The van der Waals surface area contributed by atoms with Crippen molar-refractivity contribution in [1.82, 2.24) is 4.90 Å². The molecule has 2 aromatic rings. The van der Waals surface area contributed by atoms with E-state index in [2.05, 4.69) is 48.3 Å². The topological polar surface area (TPSA) is 3.24 Å². The molecule has 116 valence electrons. The highest BCUT2D eigenvalue weighted by Gasteiger charge is 2.40. The summed E-state index contributed by atoms with van der Waals surface area (Å²) in [6.07, 6.45) is 2.52. The molecule has 1 aliphatic heterocycles. The van der Waals surface area contributed by atoms with Crippen molar-refractivity contribution in [3.8, 4) is 0 Å². The first-order valence-corrected chi connectivity index (χ1v) is 8.16. The van der Waals surface area contributed by atoms with Gasteiger partial charge in [0.05, 0.1) is 0 Å². The van der Waals surface area contributed by atoms with Crippen LogP contribution >= 0.6 is 24.0 Å². The van der Waals surface area contributed by atoms with Gasteiger partial charge in [-0.15, -0.1) is 12.4 Å². The molecule has 0 spiro atoms. The van der Waals surface area contributed by atoms with Crippen LogP contribution in [0.5, 0.6) is 0 Å². The number of fused-ring (bicyclic) bond motifs is 3. The molecule has 3 atom stereocenters. The summed E-state index contributed by atoms with van der Waals surface area (Å²) in [6.45, 7) is 1.22. The monoisotopic (exact) mass is 333 g/mol. The zero-order valence-electron chi connectivity index (χ0n) is 12.7. The molecule has 0 N–H and O–H groups in total. The Hall–Kier alpha value is -1.02. The maximum Gasteiger partial charge on any atom is 0.0406 e. The lowest BCUT2D eigenvalue weighted by molar-refractivity contribution is 0.265. The Morgan fingerprint density at radius 1 is 1.00 bits per heavy atom. The summed E-state index contributed by atoms with van der Waals surface area (Å²) >= 11 is 6.05. The Kier molecular flexibility index (Phi) is 4.49. The highest BCUT2D eigenvalue weighted by Crippen LogP contribution is 2.47. The van der Waals surface area contributed by atoms with E-state index in [1.807, 2.05) is 12.1 Å². The number of hydrogen-bond donors (Lipinski definition) is 0. The van der Waals surface area contributed by atoms with Crippen molar-refractivity contribution in [1.29, 1.82) is 0 Å². The lowest BCUT2D eigenvalue weighted by atomic mass is 9.71. The summed E-state index contributed by atoms with van der Waals surface area (Å²) in [5, 5.41) is 0.818. The molecule has 0 unspecified atom stereocenters. The van der Waals surface area contributed by atoms with Crippen LogP contribution in [0, 0.1) is 0 Å². The largest absolute Gasteiger partial charge is 0.303 e. The summed E-state index contributed by atoms with van der Waals surface area (Å²) in [5.41, 5.74) is 4.49. The Morgan fingerprint density at radius 3 is 2.41 bits per heavy atom. The van der Waals surface area contributed by atoms with Gasteiger partial charge in [-0.05, 0) is 55.3 Å². The number of benzene rings is 2. The molecule has 0 aromatic heterocycles. The smallest absolute Gasteiger partial charge is 0.0406 e. The van der Waals surface area contributed by atoms with Crippen molar-refractivity contribution in [3.63, 3.8) is 0 Å². The minimum atomic E-state index is 0. The molecule has 1 aliphatic carbocycles. The fourth-order valence-electron chi connectivity index (χ4n) is 4.26. The van der Waals surface area contributed by atoms with Crippen molar-refractivity contribution >= 4 is 24.0 Å². The summed E-state index contributed by atoms with van der Waals surface area (Å²) in [5.74, 6) is 1.22. The maximum absolute atomic E-state index is 6.05. The fourth-order valence-corrected chi connectivity index (χ4v) is 4.39. The molecular formula is C19H21Cl2N. The molecule has 0 amide bonds. The Labute approximate surface area is 143 Å². The molecule has 1 nitrogen and oxygen atoms in total. The van der Waals surface area contributed by atoms with Crippen LogP contribution in [-0.2, 0) is 0 Å². The van der Waals surface area contributed by atoms with Crippen LogP contribution in [0.1, 0.15) is 41.4 Å². The average Bonchev–Trinajstić information content (AvgIpc) is 2.89. The SMILES string of the molecule is CN1CC[C@@H]2c3ccccc3[C@@H](c3ccc(Cl)cc3)C[C@H]21.Cl. The quantitative estimate of drug-likeness (QED) is 0.702. The van der Waals surface area contributed by atoms with Crippen LogP contribution in [0.4, 0.5) is 0 Å². The maximum atomic E-state index is 6.05. The molecule has 1 fully saturated rings. The predicted molar refractivity (Wildman–Crippen MR) is 95.4 cm³/mol. The van der Waals surface area contributed by atoms with Crippen LogP contribution in [0.2, 0.25) is 5.02 Å². The van der Waals surface area contributed by atoms with Crippen molar-refractivity contribution < 1.29 is 0 Å². The number of rotatable bonds is 1. The fraction of sp³-hybridized carbons (Fsp3) is 0.368. The normalized spacial score (nSPS) is 26.9. The first kappa shape index (κ1) is 15.9. The van der Waals surface area contributed by atoms with Gasteiger partial charge < -0.3 is 4.90 Å². The van der Waals surface area contributed by atoms with E-state index < -0.39 is 0 Å². The van der Waals surface area contributed by atoms with Crippen molar-refractivity contribution in [2.24, 2.45) is 0 Å². The molecule has 1 heterocycles. The summed E-state index contributed by atoms with van der Waals surface area (Å²) in [7, 11) is 2.28. The van der Waals surface area contributed by atoms with E-state index in [0.29, 0.717) is 12.0 Å². The number of nitrogens with zero attached hydrogens (tertiary/aromatic N) is 1. The third kappa shape index (κ3) is 2.56. The standard InChI is InChI=1S/C19H20ClN.ClH/c1-21-11-10-17-15-4-2-3-5-16(15)18(12-19(17)21)13-6-8-14(20)9-7-13;/h2-9,17-19H,10-12H2,1H3;1H/t17-,18-,19-;/m1./s1. The summed E-state index contributed by atoms with van der Waals surface area (Å²) < 4.78 is 0. The van der Waals surface area contributed by atoms with Crippen molar-refractivity contribution in [3.05, 3.63) is 70.2 Å². The lowest BCUT2D eigenvalue weighted by Gasteiger charge is -2.37. The number of likely N-dealkylation sites (N-methyl/N-ethyl adjacent to an activating group) is 1. The molecule has 2 aromatic carbocycles. The van der Waals surface area contributed by atoms with Gasteiger partial charge in [-0.3, -0.25) is 0 Å². The second-order valence-corrected chi connectivity index (χ2v) is 6.85. The van der Waals surface area contributed by atoms with Gasteiger partial charge in [-0.1, -0.05) is 48.0 Å². The van der Waals surface area contributed by atoms with E-state index in [4.69, 9.17) is 11.6 Å². The number of likely N-dealkylation sites (tertiary alicyclic amines) is 1. The van der Waals surface area contributed by atoms with Gasteiger partial charge >= 0.3 is 0 Å². The van der Waals surface area contributed by atoms with Gasteiger partial charge in [0.15, 0.2) is 0 Å². The summed E-state index contributed by atoms with van der Waals surface area (Å²) in [6, 6.07) is 18.1. The molecular weight excluding hydrogens is 313 g/mol. The second-order valence-electron chi connectivity index (χ2n) is 6.41. The number of halogens is 2. The van der Waals surface area contributed by atoms with Gasteiger partial charge in [0, 0.05) is 22.9 Å². The molecule has 1 saturated heterocycles. The lowest BCUT2D eigenvalue weighted by Crippen LogP contribution is -2.34. The first-order chi connectivity index (χ1) is 10.2. The zero-order chi connectivity index (χ0) is 14.4. The van der Waals surface area contributed by atoms with E-state index in [1.165, 1.54) is 30.5 Å². The van der Waals surface area contributed by atoms with Gasteiger partial charge in [-0.2, -0.15) is 0 Å². The zero-order valence-corrected chi connectivity index (χ0v) is 14.3. The Morgan fingerprint density at radius 2 is 1.68 bits per heavy atom. The minimum absolute atomic E-state index is 0. The third-order valence-electron chi connectivity index (χ3n) is 5.34. The average molecular weight is 334 g/mol. The molecule has 0 radical (unpaired) electrons. The van der Waals surface area contributed by atoms with Crippen LogP contribution in [-0.4, -0.2) is 24.5 Å². The van der Waals surface area contributed by atoms with E-state index in [9.17, 15) is 0 Å². The van der Waals surface area contributed by atoms with Crippen molar-refractivity contribution in [2.75, 3.05) is 13.6 Å². The minimum Gasteiger partial charge on any atom is -0.303 e. The van der Waals surface area contributed by atoms with E-state index in [0.717, 1.165) is 10.9 Å². The highest BCUT2D eigenvalue weighted by molar-refractivity contribution is 6.30. The molecule has 22 heavy (non-hydrogen) atoms. The molecule has 2 aliphatic rings. The molecule has 0 bridgehead atoms. The second kappa shape index (κ2) is 6.23. The van der Waals surface area contributed by atoms with E-state index in [-0.39, 0.29) is 12.4 Å². The Bertz CT molecular complexity index is 653. The molecule has 3 heteroatoms. The van der Waals surface area contributed by atoms with Crippen LogP contribution in [0.25, 0.3) is 0 Å². The molecule has 0 saturated carbocycles. The van der Waals surface area contributed by atoms with Crippen LogP contribution < -0.4 is 0 Å². The van der Waals surface area contributed by atoms with Crippen molar-refractivity contribution in [2.45, 2.75) is 30.7 Å². The highest BCUT2D eigenvalue weighted by atomic mass is 35.5. The van der Waals surface area contributed by atoms with Crippen LogP contribution in [0.3, 0.4) is 0 Å². The predicted octanol–water partition coefficient (Wildman–Crippen LogP) is 5.09. The van der Waals surface area contributed by atoms with Gasteiger partial charge in [0.2, 0.25) is 0 Å². The summed E-state index contributed by atoms with van der Waals surface area (Å²) in [4.78, 5) is 2.55. The first-order valence-electron chi connectivity index (χ1n) is 7.78.